The molecule has 2 aromatic heterocycles. The summed E-state index contributed by atoms with van der Waals surface area (Å²) >= 11 is 12.1. The van der Waals surface area contributed by atoms with Gasteiger partial charge >= 0.3 is 5.97 Å². The van der Waals surface area contributed by atoms with Crippen molar-refractivity contribution in [2.45, 2.75) is 6.42 Å². The molecule has 0 radical (unpaired) electrons. The van der Waals surface area contributed by atoms with Gasteiger partial charge in [0.15, 0.2) is 0 Å². The molecule has 0 unspecified atom stereocenters. The molecule has 3 heterocycles. The van der Waals surface area contributed by atoms with E-state index in [1.165, 1.54) is 0 Å². The van der Waals surface area contributed by atoms with Crippen molar-refractivity contribution >= 4 is 40.8 Å². The number of piperazine rings is 1. The topological polar surface area (TPSA) is 90.4 Å². The number of aromatic nitrogens is 2. The molecule has 166 valence electrons. The zero-order chi connectivity index (χ0) is 22.5. The van der Waals surface area contributed by atoms with E-state index in [1.807, 2.05) is 24.3 Å². The van der Waals surface area contributed by atoms with Crippen LogP contribution in [0.15, 0.2) is 48.7 Å². The minimum atomic E-state index is -0.973. The molecule has 0 spiro atoms. The molecular weight excluding hydrogens is 449 g/mol. The Labute approximate surface area is 196 Å². The van der Waals surface area contributed by atoms with Gasteiger partial charge in [-0.3, -0.25) is 0 Å². The number of carboxylic acids is 1. The Bertz CT molecular complexity index is 1120. The number of carbonyl (C=O) groups is 1. The van der Waals surface area contributed by atoms with Crippen LogP contribution in [0.2, 0.25) is 10.0 Å². The largest absolute Gasteiger partial charge is 0.478 e. The number of nitrogens with one attached hydrogen (secondary N) is 2. The first-order valence-electron chi connectivity index (χ1n) is 10.3. The molecule has 3 aromatic rings. The second-order valence-corrected chi connectivity index (χ2v) is 8.31. The van der Waals surface area contributed by atoms with E-state index in [1.54, 1.807) is 24.4 Å². The van der Waals surface area contributed by atoms with Crippen molar-refractivity contribution in [3.63, 3.8) is 0 Å². The number of hydrogen-bond acceptors (Lipinski definition) is 6. The number of carboxylic acid groups (broad SMARTS) is 1. The maximum absolute atomic E-state index is 11.7. The first kappa shape index (κ1) is 22.3. The van der Waals surface area contributed by atoms with Gasteiger partial charge in [-0.25, -0.2) is 14.8 Å². The number of pyridine rings is 2. The number of anilines is 2. The van der Waals surface area contributed by atoms with Crippen molar-refractivity contribution in [2.24, 2.45) is 0 Å². The van der Waals surface area contributed by atoms with E-state index in [0.717, 1.165) is 43.7 Å². The summed E-state index contributed by atoms with van der Waals surface area (Å²) in [6, 6.07) is 12.5. The Morgan fingerprint density at radius 3 is 2.66 bits per heavy atom. The van der Waals surface area contributed by atoms with E-state index >= 15 is 0 Å². The van der Waals surface area contributed by atoms with Crippen LogP contribution in [-0.2, 0) is 6.42 Å². The fourth-order valence-corrected chi connectivity index (χ4v) is 3.88. The van der Waals surface area contributed by atoms with Crippen molar-refractivity contribution < 1.29 is 9.90 Å². The van der Waals surface area contributed by atoms with Crippen molar-refractivity contribution in [1.29, 1.82) is 0 Å². The molecule has 1 aliphatic heterocycles. The molecule has 1 fully saturated rings. The van der Waals surface area contributed by atoms with Crippen LogP contribution in [0.3, 0.4) is 0 Å². The van der Waals surface area contributed by atoms with Gasteiger partial charge in [0.2, 0.25) is 0 Å². The molecule has 0 atom stereocenters. The van der Waals surface area contributed by atoms with Crippen molar-refractivity contribution in [1.82, 2.24) is 15.3 Å². The van der Waals surface area contributed by atoms with E-state index in [0.29, 0.717) is 33.9 Å². The molecule has 0 aliphatic carbocycles. The maximum Gasteiger partial charge on any atom is 0.335 e. The van der Waals surface area contributed by atoms with Gasteiger partial charge in [-0.2, -0.15) is 0 Å². The van der Waals surface area contributed by atoms with Crippen molar-refractivity contribution in [3.05, 3.63) is 69.8 Å². The fourth-order valence-electron chi connectivity index (χ4n) is 3.56. The van der Waals surface area contributed by atoms with Crippen LogP contribution in [0.25, 0.3) is 11.3 Å². The lowest BCUT2D eigenvalue weighted by atomic mass is 10.1. The van der Waals surface area contributed by atoms with E-state index in [4.69, 9.17) is 28.2 Å². The third kappa shape index (κ3) is 5.48. The number of aromatic carboxylic acids is 1. The van der Waals surface area contributed by atoms with Crippen molar-refractivity contribution in [3.8, 4) is 11.3 Å². The summed E-state index contributed by atoms with van der Waals surface area (Å²) in [7, 11) is 0. The number of hydrogen-bond donors (Lipinski definition) is 3. The Hall–Kier alpha value is -2.87. The van der Waals surface area contributed by atoms with Gasteiger partial charge in [0.05, 0.1) is 21.3 Å². The third-order valence-electron chi connectivity index (χ3n) is 5.26. The lowest BCUT2D eigenvalue weighted by molar-refractivity contribution is 0.0697. The molecule has 0 bridgehead atoms. The third-order valence-corrected chi connectivity index (χ3v) is 6.00. The summed E-state index contributed by atoms with van der Waals surface area (Å²) in [5, 5.41) is 17.3. The maximum atomic E-state index is 11.7. The Balaban J connectivity index is 1.52. The second-order valence-electron chi connectivity index (χ2n) is 7.50. The fraction of sp³-hybridized carbons (Fsp3) is 0.261. The van der Waals surface area contributed by atoms with Crippen LogP contribution in [0, 0.1) is 0 Å². The van der Waals surface area contributed by atoms with Crippen LogP contribution in [0.4, 0.5) is 11.6 Å². The van der Waals surface area contributed by atoms with E-state index in [9.17, 15) is 9.90 Å². The zero-order valence-electron chi connectivity index (χ0n) is 17.3. The molecule has 3 N–H and O–H groups in total. The minimum absolute atomic E-state index is 0.217. The molecule has 32 heavy (non-hydrogen) atoms. The first-order valence-corrected chi connectivity index (χ1v) is 11.1. The second kappa shape index (κ2) is 10.2. The minimum Gasteiger partial charge on any atom is -0.478 e. The molecule has 0 amide bonds. The Kier molecular flexibility index (Phi) is 7.09. The van der Waals surface area contributed by atoms with Gasteiger partial charge < -0.3 is 20.6 Å². The molecule has 1 saturated heterocycles. The molecule has 0 saturated carbocycles. The van der Waals surface area contributed by atoms with E-state index in [2.05, 4.69) is 20.5 Å². The molecule has 9 heteroatoms. The number of halogens is 2. The summed E-state index contributed by atoms with van der Waals surface area (Å²) in [6.45, 7) is 3.91. The lowest BCUT2D eigenvalue weighted by Crippen LogP contribution is -2.44. The van der Waals surface area contributed by atoms with E-state index < -0.39 is 5.97 Å². The number of benzene rings is 1. The van der Waals surface area contributed by atoms with Crippen LogP contribution < -0.4 is 15.5 Å². The van der Waals surface area contributed by atoms with Crippen LogP contribution in [0.1, 0.15) is 15.9 Å². The average molecular weight is 472 g/mol. The summed E-state index contributed by atoms with van der Waals surface area (Å²) < 4.78 is 0. The molecule has 1 aliphatic rings. The summed E-state index contributed by atoms with van der Waals surface area (Å²) in [6.07, 6.45) is 2.44. The van der Waals surface area contributed by atoms with Gasteiger partial charge in [0, 0.05) is 44.5 Å². The SMILES string of the molecule is O=C(O)c1cc(-c2ccnc(NCCc3ccc(Cl)c(Cl)c3)c2)nc(N2CCNCC2)c1. The van der Waals surface area contributed by atoms with Gasteiger partial charge in [-0.1, -0.05) is 29.3 Å². The standard InChI is InChI=1S/C23H23Cl2N5O2/c24-18-2-1-15(11-19(18)25)3-5-27-21-13-16(4-6-28-21)20-12-17(23(31)32)14-22(29-20)30-9-7-26-8-10-30/h1-2,4,6,11-14,26H,3,5,7-10H2,(H,27,28)(H,31,32). The highest BCUT2D eigenvalue weighted by molar-refractivity contribution is 6.42. The summed E-state index contributed by atoms with van der Waals surface area (Å²) in [5.74, 6) is 0.389. The predicted octanol–water partition coefficient (Wildman–Crippen LogP) is 4.21. The molecule has 1 aromatic carbocycles. The summed E-state index contributed by atoms with van der Waals surface area (Å²) in [5.41, 5.74) is 2.69. The highest BCUT2D eigenvalue weighted by Gasteiger charge is 2.17. The van der Waals surface area contributed by atoms with E-state index in [-0.39, 0.29) is 5.56 Å². The highest BCUT2D eigenvalue weighted by Crippen LogP contribution is 2.26. The predicted molar refractivity (Wildman–Crippen MR) is 128 cm³/mol. The highest BCUT2D eigenvalue weighted by atomic mass is 35.5. The first-order chi connectivity index (χ1) is 15.5. The monoisotopic (exact) mass is 471 g/mol. The van der Waals surface area contributed by atoms with Gasteiger partial charge in [-0.05, 0) is 48.4 Å². The molecule has 4 rings (SSSR count). The quantitative estimate of drug-likeness (QED) is 0.475. The van der Waals surface area contributed by atoms with Gasteiger partial charge in [0.1, 0.15) is 11.6 Å². The average Bonchev–Trinajstić information content (AvgIpc) is 2.82. The molecular formula is C23H23Cl2N5O2. The smallest absolute Gasteiger partial charge is 0.335 e. The Morgan fingerprint density at radius 1 is 1.09 bits per heavy atom. The van der Waals surface area contributed by atoms with Crippen LogP contribution in [-0.4, -0.2) is 53.8 Å². The van der Waals surface area contributed by atoms with Crippen molar-refractivity contribution in [2.75, 3.05) is 42.9 Å². The lowest BCUT2D eigenvalue weighted by Gasteiger charge is -2.29. The van der Waals surface area contributed by atoms with Gasteiger partial charge in [0.25, 0.3) is 0 Å². The van der Waals surface area contributed by atoms with Crippen LogP contribution in [0.5, 0.6) is 0 Å². The zero-order valence-corrected chi connectivity index (χ0v) is 18.8. The summed E-state index contributed by atoms with van der Waals surface area (Å²) in [4.78, 5) is 22.9. The Morgan fingerprint density at radius 2 is 1.91 bits per heavy atom. The molecule has 7 nitrogen and oxygen atoms in total. The van der Waals surface area contributed by atoms with Gasteiger partial charge in [-0.15, -0.1) is 0 Å². The number of nitrogens with zero attached hydrogens (tertiary/aromatic N) is 3. The number of rotatable bonds is 7. The van der Waals surface area contributed by atoms with Crippen LogP contribution >= 0.6 is 23.2 Å². The normalized spacial score (nSPS) is 13.8.